The second-order valence-electron chi connectivity index (χ2n) is 5.98. The van der Waals surface area contributed by atoms with Crippen molar-refractivity contribution >= 4 is 17.5 Å². The molecule has 0 saturated carbocycles. The summed E-state index contributed by atoms with van der Waals surface area (Å²) in [6, 6.07) is 16.6. The van der Waals surface area contributed by atoms with Gasteiger partial charge in [0.1, 0.15) is 5.82 Å². The smallest absolute Gasteiger partial charge is 0.247 e. The number of nitrogens with one attached hydrogen (secondary N) is 1. The molecule has 0 radical (unpaired) electrons. The number of halogens is 1. The van der Waals surface area contributed by atoms with E-state index in [1.165, 1.54) is 23.9 Å². The Labute approximate surface area is 146 Å². The number of anilines is 3. The maximum atomic E-state index is 13.3. The van der Waals surface area contributed by atoms with Gasteiger partial charge in [0.15, 0.2) is 5.82 Å². The highest BCUT2D eigenvalue weighted by atomic mass is 19.1. The molecule has 0 spiro atoms. The third-order valence-corrected chi connectivity index (χ3v) is 3.72. The molecule has 0 aliphatic heterocycles. The van der Waals surface area contributed by atoms with Crippen molar-refractivity contribution in [3.63, 3.8) is 0 Å². The third kappa shape index (κ3) is 4.50. The average molecular weight is 337 g/mol. The van der Waals surface area contributed by atoms with Crippen LogP contribution in [-0.2, 0) is 6.54 Å². The van der Waals surface area contributed by atoms with E-state index in [0.29, 0.717) is 24.0 Å². The van der Waals surface area contributed by atoms with Gasteiger partial charge in [0.05, 0.1) is 6.20 Å². The lowest BCUT2D eigenvalue weighted by molar-refractivity contribution is 0.628. The molecule has 1 aromatic heterocycles. The molecule has 6 heteroatoms. The van der Waals surface area contributed by atoms with Crippen LogP contribution in [0.2, 0.25) is 0 Å². The van der Waals surface area contributed by atoms with Gasteiger partial charge in [-0.1, -0.05) is 36.4 Å². The van der Waals surface area contributed by atoms with Crippen molar-refractivity contribution in [3.8, 4) is 0 Å². The molecule has 5 nitrogen and oxygen atoms in total. The molecule has 0 aliphatic carbocycles. The van der Waals surface area contributed by atoms with Crippen LogP contribution in [0.15, 0.2) is 60.8 Å². The van der Waals surface area contributed by atoms with Gasteiger partial charge in [-0.15, -0.1) is 5.10 Å². The van der Waals surface area contributed by atoms with Crippen molar-refractivity contribution < 1.29 is 4.39 Å². The maximum Gasteiger partial charge on any atom is 0.247 e. The number of hydrogen-bond donors (Lipinski definition) is 1. The number of rotatable bonds is 6. The average Bonchev–Trinajstić information content (AvgIpc) is 2.60. The van der Waals surface area contributed by atoms with Crippen molar-refractivity contribution in [2.45, 2.75) is 26.4 Å². The van der Waals surface area contributed by atoms with E-state index in [9.17, 15) is 4.39 Å². The van der Waals surface area contributed by atoms with Crippen LogP contribution in [0.3, 0.4) is 0 Å². The lowest BCUT2D eigenvalue weighted by atomic mass is 10.2. The Hall–Kier alpha value is -3.02. The minimum atomic E-state index is -0.305. The number of benzene rings is 2. The molecule has 25 heavy (non-hydrogen) atoms. The van der Waals surface area contributed by atoms with Crippen molar-refractivity contribution in [3.05, 3.63) is 72.2 Å². The molecular weight excluding hydrogens is 317 g/mol. The van der Waals surface area contributed by atoms with E-state index < -0.39 is 0 Å². The molecule has 128 valence electrons. The predicted molar refractivity (Wildman–Crippen MR) is 97.3 cm³/mol. The summed E-state index contributed by atoms with van der Waals surface area (Å²) in [5.74, 6) is 0.745. The molecule has 0 unspecified atom stereocenters. The fraction of sp³-hybridized carbons (Fsp3) is 0.211. The first-order valence-electron chi connectivity index (χ1n) is 8.15. The fourth-order valence-corrected chi connectivity index (χ4v) is 2.45. The molecule has 0 atom stereocenters. The number of nitrogens with zero attached hydrogens (tertiary/aromatic N) is 4. The topological polar surface area (TPSA) is 53.9 Å². The molecule has 3 rings (SSSR count). The van der Waals surface area contributed by atoms with E-state index >= 15 is 0 Å². The van der Waals surface area contributed by atoms with Gasteiger partial charge in [0, 0.05) is 18.3 Å². The lowest BCUT2D eigenvalue weighted by Crippen LogP contribution is -2.32. The van der Waals surface area contributed by atoms with Gasteiger partial charge < -0.3 is 10.2 Å². The van der Waals surface area contributed by atoms with Gasteiger partial charge in [-0.05, 0) is 37.6 Å². The van der Waals surface area contributed by atoms with E-state index in [-0.39, 0.29) is 11.9 Å². The fourth-order valence-electron chi connectivity index (χ4n) is 2.45. The first kappa shape index (κ1) is 16.8. The minimum Gasteiger partial charge on any atom is -0.339 e. The SMILES string of the molecule is CC(C)N(Cc1ccccc1)c1nncc(Nc2cccc(F)c2)n1. The molecule has 0 bridgehead atoms. The van der Waals surface area contributed by atoms with Crippen LogP contribution < -0.4 is 10.2 Å². The van der Waals surface area contributed by atoms with Gasteiger partial charge in [0.25, 0.3) is 0 Å². The van der Waals surface area contributed by atoms with Crippen LogP contribution in [0.1, 0.15) is 19.4 Å². The number of hydrogen-bond acceptors (Lipinski definition) is 5. The zero-order valence-corrected chi connectivity index (χ0v) is 14.2. The largest absolute Gasteiger partial charge is 0.339 e. The highest BCUT2D eigenvalue weighted by Gasteiger charge is 2.15. The van der Waals surface area contributed by atoms with E-state index in [2.05, 4.69) is 51.4 Å². The standard InChI is InChI=1S/C19H20FN5/c1-14(2)25(13-15-7-4-3-5-8-15)19-23-18(12-21-24-19)22-17-10-6-9-16(20)11-17/h3-12,14H,13H2,1-2H3,(H,22,23,24). The summed E-state index contributed by atoms with van der Waals surface area (Å²) in [7, 11) is 0. The van der Waals surface area contributed by atoms with Crippen LogP contribution in [-0.4, -0.2) is 21.2 Å². The van der Waals surface area contributed by atoms with Crippen LogP contribution in [0.25, 0.3) is 0 Å². The van der Waals surface area contributed by atoms with E-state index in [0.717, 1.165) is 0 Å². The Morgan fingerprint density at radius 2 is 1.88 bits per heavy atom. The molecule has 0 saturated heterocycles. The van der Waals surface area contributed by atoms with Crippen LogP contribution >= 0.6 is 0 Å². The Balaban J connectivity index is 1.82. The first-order chi connectivity index (χ1) is 12.1. The maximum absolute atomic E-state index is 13.3. The summed E-state index contributed by atoms with van der Waals surface area (Å²) in [5, 5.41) is 11.3. The van der Waals surface area contributed by atoms with Crippen molar-refractivity contribution in [2.24, 2.45) is 0 Å². The second kappa shape index (κ2) is 7.70. The molecule has 0 amide bonds. The quantitative estimate of drug-likeness (QED) is 0.732. The van der Waals surface area contributed by atoms with Crippen molar-refractivity contribution in [2.75, 3.05) is 10.2 Å². The predicted octanol–water partition coefficient (Wildman–Crippen LogP) is 4.17. The summed E-state index contributed by atoms with van der Waals surface area (Å²) in [6.07, 6.45) is 1.52. The highest BCUT2D eigenvalue weighted by molar-refractivity contribution is 5.56. The Morgan fingerprint density at radius 1 is 1.08 bits per heavy atom. The van der Waals surface area contributed by atoms with Crippen molar-refractivity contribution in [1.82, 2.24) is 15.2 Å². The van der Waals surface area contributed by atoms with Gasteiger partial charge in [-0.2, -0.15) is 10.1 Å². The third-order valence-electron chi connectivity index (χ3n) is 3.72. The van der Waals surface area contributed by atoms with Gasteiger partial charge in [-0.25, -0.2) is 4.39 Å². The Kier molecular flexibility index (Phi) is 5.18. The summed E-state index contributed by atoms with van der Waals surface area (Å²) in [6.45, 7) is 4.85. The lowest BCUT2D eigenvalue weighted by Gasteiger charge is -2.26. The molecule has 3 aromatic rings. The normalized spacial score (nSPS) is 10.7. The molecule has 2 aromatic carbocycles. The van der Waals surface area contributed by atoms with E-state index in [1.54, 1.807) is 12.1 Å². The minimum absolute atomic E-state index is 0.200. The summed E-state index contributed by atoms with van der Waals surface area (Å²) in [4.78, 5) is 6.60. The van der Waals surface area contributed by atoms with Gasteiger partial charge in [0.2, 0.25) is 5.95 Å². The van der Waals surface area contributed by atoms with Crippen LogP contribution in [0.5, 0.6) is 0 Å². The molecule has 0 aliphatic rings. The molecule has 1 heterocycles. The summed E-state index contributed by atoms with van der Waals surface area (Å²) in [5.41, 5.74) is 1.79. The zero-order chi connectivity index (χ0) is 17.6. The monoisotopic (exact) mass is 337 g/mol. The van der Waals surface area contributed by atoms with Crippen LogP contribution in [0, 0.1) is 5.82 Å². The highest BCUT2D eigenvalue weighted by Crippen LogP contribution is 2.19. The zero-order valence-electron chi connectivity index (χ0n) is 14.2. The second-order valence-corrected chi connectivity index (χ2v) is 5.98. The van der Waals surface area contributed by atoms with Gasteiger partial charge in [-0.3, -0.25) is 0 Å². The molecule has 0 fully saturated rings. The van der Waals surface area contributed by atoms with E-state index in [4.69, 9.17) is 0 Å². The van der Waals surface area contributed by atoms with E-state index in [1.807, 2.05) is 18.2 Å². The molecule has 1 N–H and O–H groups in total. The first-order valence-corrected chi connectivity index (χ1v) is 8.15. The van der Waals surface area contributed by atoms with Gasteiger partial charge >= 0.3 is 0 Å². The molecular formula is C19H20FN5. The number of aromatic nitrogens is 3. The van der Waals surface area contributed by atoms with Crippen molar-refractivity contribution in [1.29, 1.82) is 0 Å². The summed E-state index contributed by atoms with van der Waals surface area (Å²) >= 11 is 0. The Bertz CT molecular complexity index is 823. The summed E-state index contributed by atoms with van der Waals surface area (Å²) < 4.78 is 13.3. The Morgan fingerprint density at radius 3 is 2.60 bits per heavy atom. The van der Waals surface area contributed by atoms with Crippen LogP contribution in [0.4, 0.5) is 21.8 Å².